The largest absolute Gasteiger partial charge is 0.335 e. The summed E-state index contributed by atoms with van der Waals surface area (Å²) in [7, 11) is 3.54. The predicted molar refractivity (Wildman–Crippen MR) is 57.1 cm³/mol. The number of hydrogen-bond acceptors (Lipinski definition) is 1. The van der Waals surface area contributed by atoms with E-state index in [2.05, 4.69) is 21.2 Å². The fourth-order valence-electron chi connectivity index (χ4n) is 1.55. The van der Waals surface area contributed by atoms with E-state index in [1.165, 1.54) is 6.42 Å². The van der Waals surface area contributed by atoms with Crippen molar-refractivity contribution in [3.8, 4) is 0 Å². The third-order valence-corrected chi connectivity index (χ3v) is 2.94. The summed E-state index contributed by atoms with van der Waals surface area (Å²) in [6.45, 7) is 0. The van der Waals surface area contributed by atoms with Gasteiger partial charge in [0.1, 0.15) is 0 Å². The van der Waals surface area contributed by atoms with E-state index < -0.39 is 0 Å². The molecule has 1 fully saturated rings. The summed E-state index contributed by atoms with van der Waals surface area (Å²) in [6, 6.07) is 0.446. The van der Waals surface area contributed by atoms with Crippen LogP contribution in [0.25, 0.3) is 0 Å². The van der Waals surface area contributed by atoms with Gasteiger partial charge in [-0.2, -0.15) is 0 Å². The van der Waals surface area contributed by atoms with Gasteiger partial charge in [0, 0.05) is 25.5 Å². The molecule has 0 bridgehead atoms. The van der Waals surface area contributed by atoms with Gasteiger partial charge in [-0.1, -0.05) is 15.9 Å². The molecule has 3 nitrogen and oxygen atoms in total. The molecule has 1 rings (SSSR count). The molecule has 0 aromatic carbocycles. The molecule has 0 heterocycles. The lowest BCUT2D eigenvalue weighted by molar-refractivity contribution is 0.183. The maximum Gasteiger partial charge on any atom is 0.317 e. The molecule has 4 heteroatoms. The minimum absolute atomic E-state index is 0.0299. The summed E-state index contributed by atoms with van der Waals surface area (Å²) in [5.41, 5.74) is 0. The van der Waals surface area contributed by atoms with E-state index >= 15 is 0 Å². The highest BCUT2D eigenvalue weighted by molar-refractivity contribution is 9.09. The Morgan fingerprint density at radius 3 is 2.62 bits per heavy atom. The number of amides is 2. The molecule has 0 aliphatic heterocycles. The number of urea groups is 1. The molecule has 76 valence electrons. The van der Waals surface area contributed by atoms with Gasteiger partial charge in [0.25, 0.3) is 0 Å². The Morgan fingerprint density at radius 1 is 1.54 bits per heavy atom. The number of alkyl halides is 1. The second kappa shape index (κ2) is 4.84. The van der Waals surface area contributed by atoms with Crippen LogP contribution in [0.5, 0.6) is 0 Å². The number of hydrogen-bond donors (Lipinski definition) is 1. The van der Waals surface area contributed by atoms with Gasteiger partial charge in [-0.3, -0.25) is 0 Å². The number of nitrogens with zero attached hydrogens (tertiary/aromatic N) is 1. The minimum atomic E-state index is 0.0299. The fourth-order valence-corrected chi connectivity index (χ4v) is 2.19. The molecule has 0 saturated heterocycles. The quantitative estimate of drug-likeness (QED) is 0.760. The molecular formula is C9H17BrN2O. The first-order chi connectivity index (χ1) is 6.13. The lowest BCUT2D eigenvalue weighted by Gasteiger charge is -2.36. The molecule has 1 aliphatic rings. The minimum Gasteiger partial charge on any atom is -0.335 e. The van der Waals surface area contributed by atoms with Crippen LogP contribution in [0.15, 0.2) is 0 Å². The Bertz CT molecular complexity index is 178. The summed E-state index contributed by atoms with van der Waals surface area (Å²) in [4.78, 5) is 12.8. The smallest absolute Gasteiger partial charge is 0.317 e. The van der Waals surface area contributed by atoms with Crippen LogP contribution in [-0.4, -0.2) is 36.4 Å². The first kappa shape index (κ1) is 10.8. The van der Waals surface area contributed by atoms with Gasteiger partial charge < -0.3 is 10.2 Å². The van der Waals surface area contributed by atoms with Gasteiger partial charge in [0.2, 0.25) is 0 Å². The average Bonchev–Trinajstić information content (AvgIpc) is 2.00. The van der Waals surface area contributed by atoms with Gasteiger partial charge in [-0.15, -0.1) is 0 Å². The topological polar surface area (TPSA) is 32.3 Å². The van der Waals surface area contributed by atoms with E-state index in [4.69, 9.17) is 0 Å². The Balaban J connectivity index is 2.11. The number of nitrogens with one attached hydrogen (secondary N) is 1. The van der Waals surface area contributed by atoms with E-state index in [9.17, 15) is 4.79 Å². The summed E-state index contributed by atoms with van der Waals surface area (Å²) in [5, 5.41) is 4.05. The molecule has 0 atom stereocenters. The van der Waals surface area contributed by atoms with Gasteiger partial charge >= 0.3 is 6.03 Å². The van der Waals surface area contributed by atoms with Crippen molar-refractivity contribution >= 4 is 22.0 Å². The summed E-state index contributed by atoms with van der Waals surface area (Å²) < 4.78 is 0. The van der Waals surface area contributed by atoms with Crippen molar-refractivity contribution in [1.29, 1.82) is 0 Å². The SMILES string of the molecule is CN(C)C(=O)NC1CC(CCBr)C1. The number of carbonyl (C=O) groups excluding carboxylic acids is 1. The second-order valence-electron chi connectivity index (χ2n) is 3.86. The van der Waals surface area contributed by atoms with E-state index in [1.807, 2.05) is 0 Å². The van der Waals surface area contributed by atoms with Crippen molar-refractivity contribution < 1.29 is 4.79 Å². The Labute approximate surface area is 88.0 Å². The van der Waals surface area contributed by atoms with E-state index in [0.29, 0.717) is 6.04 Å². The third kappa shape index (κ3) is 3.18. The van der Waals surface area contributed by atoms with Crippen LogP contribution in [0.4, 0.5) is 4.79 Å². The fraction of sp³-hybridized carbons (Fsp3) is 0.889. The van der Waals surface area contributed by atoms with Crippen LogP contribution >= 0.6 is 15.9 Å². The van der Waals surface area contributed by atoms with Gasteiger partial charge in [0.05, 0.1) is 0 Å². The molecule has 13 heavy (non-hydrogen) atoms. The zero-order valence-electron chi connectivity index (χ0n) is 8.22. The standard InChI is InChI=1S/C9H17BrN2O/c1-12(2)9(13)11-8-5-7(6-8)3-4-10/h7-8H,3-6H2,1-2H3,(H,11,13). The van der Waals surface area contributed by atoms with Gasteiger partial charge in [-0.05, 0) is 25.2 Å². The number of carbonyl (C=O) groups is 1. The lowest BCUT2D eigenvalue weighted by Crippen LogP contribution is -2.47. The molecule has 0 unspecified atom stereocenters. The number of halogens is 1. The van der Waals surface area contributed by atoms with Crippen molar-refractivity contribution in [1.82, 2.24) is 10.2 Å². The average molecular weight is 249 g/mol. The monoisotopic (exact) mass is 248 g/mol. The number of rotatable bonds is 3. The maximum absolute atomic E-state index is 11.2. The highest BCUT2D eigenvalue weighted by atomic mass is 79.9. The molecule has 2 amide bonds. The van der Waals surface area contributed by atoms with Gasteiger partial charge in [-0.25, -0.2) is 4.79 Å². The van der Waals surface area contributed by atoms with Crippen LogP contribution in [0, 0.1) is 5.92 Å². The zero-order chi connectivity index (χ0) is 9.84. The van der Waals surface area contributed by atoms with Crippen molar-refractivity contribution in [2.24, 2.45) is 5.92 Å². The van der Waals surface area contributed by atoms with E-state index in [1.54, 1.807) is 19.0 Å². The van der Waals surface area contributed by atoms with E-state index in [0.717, 1.165) is 24.1 Å². The molecule has 0 aromatic rings. The second-order valence-corrected chi connectivity index (χ2v) is 4.65. The van der Waals surface area contributed by atoms with Crippen LogP contribution in [-0.2, 0) is 0 Å². The van der Waals surface area contributed by atoms with Crippen LogP contribution < -0.4 is 5.32 Å². The van der Waals surface area contributed by atoms with Crippen molar-refractivity contribution in [3.63, 3.8) is 0 Å². The molecule has 1 saturated carbocycles. The maximum atomic E-state index is 11.2. The molecule has 0 spiro atoms. The molecule has 1 aliphatic carbocycles. The summed E-state index contributed by atoms with van der Waals surface area (Å²) in [6.07, 6.45) is 3.52. The predicted octanol–water partition coefficient (Wildman–Crippen LogP) is 1.82. The van der Waals surface area contributed by atoms with Gasteiger partial charge in [0.15, 0.2) is 0 Å². The normalized spacial score (nSPS) is 26.4. The first-order valence-electron chi connectivity index (χ1n) is 4.67. The molecule has 0 radical (unpaired) electrons. The Kier molecular flexibility index (Phi) is 4.03. The Morgan fingerprint density at radius 2 is 2.15 bits per heavy atom. The first-order valence-corrected chi connectivity index (χ1v) is 5.79. The Hall–Kier alpha value is -0.250. The highest BCUT2D eigenvalue weighted by Gasteiger charge is 2.29. The van der Waals surface area contributed by atoms with Crippen molar-refractivity contribution in [3.05, 3.63) is 0 Å². The van der Waals surface area contributed by atoms with Crippen LogP contribution in [0.2, 0.25) is 0 Å². The van der Waals surface area contributed by atoms with Crippen molar-refractivity contribution in [2.75, 3.05) is 19.4 Å². The van der Waals surface area contributed by atoms with Crippen molar-refractivity contribution in [2.45, 2.75) is 25.3 Å². The van der Waals surface area contributed by atoms with E-state index in [-0.39, 0.29) is 6.03 Å². The molecular weight excluding hydrogens is 232 g/mol. The third-order valence-electron chi connectivity index (χ3n) is 2.49. The molecule has 0 aromatic heterocycles. The molecule has 1 N–H and O–H groups in total. The summed E-state index contributed by atoms with van der Waals surface area (Å²) in [5.74, 6) is 0.812. The highest BCUT2D eigenvalue weighted by Crippen LogP contribution is 2.30. The van der Waals surface area contributed by atoms with Crippen LogP contribution in [0.1, 0.15) is 19.3 Å². The zero-order valence-corrected chi connectivity index (χ0v) is 9.80. The van der Waals surface area contributed by atoms with Crippen LogP contribution in [0.3, 0.4) is 0 Å². The summed E-state index contributed by atoms with van der Waals surface area (Å²) >= 11 is 3.42. The lowest BCUT2D eigenvalue weighted by atomic mass is 9.79.